The lowest BCUT2D eigenvalue weighted by atomic mass is 10.1. The van der Waals surface area contributed by atoms with Gasteiger partial charge in [0.25, 0.3) is 5.91 Å². The van der Waals surface area contributed by atoms with E-state index in [1.807, 2.05) is 30.3 Å². The van der Waals surface area contributed by atoms with Gasteiger partial charge in [-0.25, -0.2) is 4.79 Å². The molecule has 0 saturated heterocycles. The molecule has 2 N–H and O–H groups in total. The molecule has 2 aliphatic rings. The molecule has 162 valence electrons. The maximum atomic E-state index is 12.6. The number of carboxylic acids is 1. The van der Waals surface area contributed by atoms with Gasteiger partial charge < -0.3 is 9.52 Å². The van der Waals surface area contributed by atoms with E-state index < -0.39 is 11.9 Å². The second-order valence-corrected chi connectivity index (χ2v) is 8.30. The SMILES string of the molecule is N=C1C(=Cc2ccc(-c3ccc(C(=O)O)cc3)o2)C(=O)N=C2SC(Cc3ccccc3)=NN12. The minimum absolute atomic E-state index is 0.0654. The number of amidine groups is 2. The van der Waals surface area contributed by atoms with Crippen LogP contribution < -0.4 is 0 Å². The lowest BCUT2D eigenvalue weighted by molar-refractivity contribution is -0.114. The van der Waals surface area contributed by atoms with Gasteiger partial charge in [0, 0.05) is 12.0 Å². The number of furan rings is 1. The number of fused-ring (bicyclic) bond motifs is 1. The van der Waals surface area contributed by atoms with Crippen LogP contribution in [-0.4, -0.2) is 38.0 Å². The first kappa shape index (κ1) is 20.7. The minimum atomic E-state index is -1.00. The van der Waals surface area contributed by atoms with Gasteiger partial charge in [0.2, 0.25) is 5.17 Å². The molecule has 0 bridgehead atoms. The number of nitrogens with zero attached hydrogens (tertiary/aromatic N) is 3. The first-order valence-electron chi connectivity index (χ1n) is 9.94. The molecule has 1 amide bonds. The summed E-state index contributed by atoms with van der Waals surface area (Å²) in [7, 11) is 0. The summed E-state index contributed by atoms with van der Waals surface area (Å²) in [6.45, 7) is 0. The zero-order chi connectivity index (χ0) is 22.9. The van der Waals surface area contributed by atoms with E-state index in [0.29, 0.717) is 28.7 Å². The molecule has 2 aromatic carbocycles. The number of amides is 1. The highest BCUT2D eigenvalue weighted by molar-refractivity contribution is 8.26. The van der Waals surface area contributed by atoms with Crippen LogP contribution in [0.1, 0.15) is 21.7 Å². The summed E-state index contributed by atoms with van der Waals surface area (Å²) in [6, 6.07) is 19.5. The third-order valence-corrected chi connectivity index (χ3v) is 5.93. The second kappa shape index (κ2) is 8.36. The summed E-state index contributed by atoms with van der Waals surface area (Å²) in [4.78, 5) is 27.7. The molecule has 8 nitrogen and oxygen atoms in total. The Morgan fingerprint density at radius 2 is 1.85 bits per heavy atom. The molecule has 0 atom stereocenters. The van der Waals surface area contributed by atoms with E-state index in [1.54, 1.807) is 24.3 Å². The molecule has 0 radical (unpaired) electrons. The van der Waals surface area contributed by atoms with Gasteiger partial charge in [-0.1, -0.05) is 42.5 Å². The van der Waals surface area contributed by atoms with E-state index in [0.717, 1.165) is 10.6 Å². The number of hydrogen-bond donors (Lipinski definition) is 2. The maximum absolute atomic E-state index is 12.6. The molecule has 5 rings (SSSR count). The Hall–Kier alpha value is -4.24. The van der Waals surface area contributed by atoms with Crippen molar-refractivity contribution in [1.29, 1.82) is 5.41 Å². The van der Waals surface area contributed by atoms with Crippen molar-refractivity contribution < 1.29 is 19.1 Å². The molecule has 0 saturated carbocycles. The Balaban J connectivity index is 1.37. The molecular formula is C24H16N4O4S. The van der Waals surface area contributed by atoms with Crippen LogP contribution in [0.4, 0.5) is 0 Å². The number of hydrazone groups is 1. The molecule has 3 aromatic rings. The molecular weight excluding hydrogens is 440 g/mol. The van der Waals surface area contributed by atoms with Crippen molar-refractivity contribution in [3.8, 4) is 11.3 Å². The molecule has 0 unspecified atom stereocenters. The average Bonchev–Trinajstić information content (AvgIpc) is 3.44. The van der Waals surface area contributed by atoms with Gasteiger partial charge in [-0.05, 0) is 47.7 Å². The number of thioether (sulfide) groups is 1. The van der Waals surface area contributed by atoms with Crippen molar-refractivity contribution >= 4 is 45.8 Å². The quantitative estimate of drug-likeness (QED) is 0.545. The first-order chi connectivity index (χ1) is 16.0. The van der Waals surface area contributed by atoms with Crippen molar-refractivity contribution in [2.24, 2.45) is 10.1 Å². The first-order valence-corrected chi connectivity index (χ1v) is 10.8. The van der Waals surface area contributed by atoms with E-state index in [1.165, 1.54) is 35.0 Å². The third-order valence-electron chi connectivity index (χ3n) is 5.02. The number of benzene rings is 2. The molecule has 33 heavy (non-hydrogen) atoms. The van der Waals surface area contributed by atoms with E-state index in [-0.39, 0.29) is 17.0 Å². The van der Waals surface area contributed by atoms with Crippen LogP contribution in [0.25, 0.3) is 17.4 Å². The fraction of sp³-hybridized carbons (Fsp3) is 0.0417. The zero-order valence-corrected chi connectivity index (χ0v) is 17.9. The van der Waals surface area contributed by atoms with Crippen LogP contribution in [0.3, 0.4) is 0 Å². The van der Waals surface area contributed by atoms with Crippen molar-refractivity contribution in [1.82, 2.24) is 5.01 Å². The Morgan fingerprint density at radius 1 is 1.09 bits per heavy atom. The van der Waals surface area contributed by atoms with Crippen LogP contribution >= 0.6 is 11.8 Å². The number of hydrogen-bond acceptors (Lipinski definition) is 6. The molecule has 0 fully saturated rings. The maximum Gasteiger partial charge on any atom is 0.335 e. The summed E-state index contributed by atoms with van der Waals surface area (Å²) < 4.78 is 5.80. The summed E-state index contributed by atoms with van der Waals surface area (Å²) in [5.41, 5.74) is 2.03. The fourth-order valence-electron chi connectivity index (χ4n) is 3.38. The molecule has 9 heteroatoms. The fourth-order valence-corrected chi connectivity index (χ4v) is 4.30. The lowest BCUT2D eigenvalue weighted by Crippen LogP contribution is -2.35. The Bertz CT molecular complexity index is 1370. The van der Waals surface area contributed by atoms with Gasteiger partial charge in [0.05, 0.1) is 11.1 Å². The largest absolute Gasteiger partial charge is 0.478 e. The van der Waals surface area contributed by atoms with Crippen LogP contribution in [0.2, 0.25) is 0 Å². The number of carbonyl (C=O) groups excluding carboxylic acids is 1. The third kappa shape index (κ3) is 4.13. The van der Waals surface area contributed by atoms with E-state index in [9.17, 15) is 9.59 Å². The predicted molar refractivity (Wildman–Crippen MR) is 126 cm³/mol. The van der Waals surface area contributed by atoms with Gasteiger partial charge in [-0.2, -0.15) is 15.1 Å². The van der Waals surface area contributed by atoms with Crippen LogP contribution in [0.15, 0.2) is 86.8 Å². The molecule has 0 spiro atoms. The normalized spacial score (nSPS) is 16.6. The van der Waals surface area contributed by atoms with Crippen molar-refractivity contribution in [2.75, 3.05) is 0 Å². The highest BCUT2D eigenvalue weighted by Gasteiger charge is 2.35. The van der Waals surface area contributed by atoms with Gasteiger partial charge in [0.1, 0.15) is 16.6 Å². The molecule has 3 heterocycles. The lowest BCUT2D eigenvalue weighted by Gasteiger charge is -2.19. The van der Waals surface area contributed by atoms with E-state index >= 15 is 0 Å². The Kier molecular flexibility index (Phi) is 5.23. The van der Waals surface area contributed by atoms with Gasteiger partial charge in [0.15, 0.2) is 5.84 Å². The summed E-state index contributed by atoms with van der Waals surface area (Å²) in [5, 5.41) is 24.5. The zero-order valence-electron chi connectivity index (χ0n) is 17.1. The number of nitrogens with one attached hydrogen (secondary N) is 1. The van der Waals surface area contributed by atoms with Gasteiger partial charge in [-0.15, -0.1) is 0 Å². The van der Waals surface area contributed by atoms with Crippen LogP contribution in [0.5, 0.6) is 0 Å². The predicted octanol–water partition coefficient (Wildman–Crippen LogP) is 4.51. The highest BCUT2D eigenvalue weighted by Crippen LogP contribution is 2.30. The van der Waals surface area contributed by atoms with Crippen LogP contribution in [-0.2, 0) is 11.2 Å². The summed E-state index contributed by atoms with van der Waals surface area (Å²) in [5.74, 6) is -0.713. The van der Waals surface area contributed by atoms with Gasteiger partial charge in [-0.3, -0.25) is 10.2 Å². The minimum Gasteiger partial charge on any atom is -0.478 e. The number of rotatable bonds is 5. The number of carboxylic acid groups (broad SMARTS) is 1. The monoisotopic (exact) mass is 456 g/mol. The number of carbonyl (C=O) groups is 2. The van der Waals surface area contributed by atoms with Crippen molar-refractivity contribution in [2.45, 2.75) is 6.42 Å². The standard InChI is InChI=1S/C24H16N4O4S/c25-21-18(13-17-10-11-19(32-17)15-6-8-16(9-7-15)23(30)31)22(29)26-24-28(21)27-20(33-24)12-14-4-2-1-3-5-14/h1-11,13,25H,12H2,(H,30,31). The van der Waals surface area contributed by atoms with Crippen molar-refractivity contribution in [3.63, 3.8) is 0 Å². The summed E-state index contributed by atoms with van der Waals surface area (Å²) >= 11 is 1.28. The number of aromatic carboxylic acids is 1. The molecule has 1 aromatic heterocycles. The highest BCUT2D eigenvalue weighted by atomic mass is 32.2. The number of aliphatic imine (C=N–C) groups is 1. The van der Waals surface area contributed by atoms with Crippen molar-refractivity contribution in [3.05, 3.63) is 89.2 Å². The smallest absolute Gasteiger partial charge is 0.335 e. The van der Waals surface area contributed by atoms with Gasteiger partial charge >= 0.3 is 5.97 Å². The average molecular weight is 456 g/mol. The molecule has 0 aliphatic carbocycles. The second-order valence-electron chi connectivity index (χ2n) is 7.26. The van der Waals surface area contributed by atoms with Crippen LogP contribution in [0, 0.1) is 5.41 Å². The topological polar surface area (TPSA) is 119 Å². The van der Waals surface area contributed by atoms with E-state index in [4.69, 9.17) is 14.9 Å². The summed E-state index contributed by atoms with van der Waals surface area (Å²) in [6.07, 6.45) is 2.05. The molecule has 2 aliphatic heterocycles. The Morgan fingerprint density at radius 3 is 2.58 bits per heavy atom. The Labute approximate surface area is 192 Å². The van der Waals surface area contributed by atoms with E-state index in [2.05, 4.69) is 10.1 Å².